The number of hydrogen-bond donors (Lipinski definition) is 2. The Kier molecular flexibility index (Phi) is 4.39. The van der Waals surface area contributed by atoms with Crippen LogP contribution in [0.25, 0.3) is 11.4 Å². The summed E-state index contributed by atoms with van der Waals surface area (Å²) >= 11 is 5.14. The summed E-state index contributed by atoms with van der Waals surface area (Å²) in [6, 6.07) is 11.0. The third-order valence-corrected chi connectivity index (χ3v) is 3.56. The van der Waals surface area contributed by atoms with E-state index in [9.17, 15) is 9.50 Å². The Balaban J connectivity index is 2.01. The summed E-state index contributed by atoms with van der Waals surface area (Å²) in [5.74, 6) is 0.194. The molecule has 0 aliphatic heterocycles. The number of benzene rings is 2. The molecule has 122 valence electrons. The van der Waals surface area contributed by atoms with Crippen molar-refractivity contribution >= 4 is 18.4 Å². The Bertz CT molecular complexity index is 965. The molecule has 0 aliphatic carbocycles. The molecule has 3 rings (SSSR count). The lowest BCUT2D eigenvalue weighted by molar-refractivity contribution is 0.373. The summed E-state index contributed by atoms with van der Waals surface area (Å²) in [5.41, 5.74) is 0.956. The first-order chi connectivity index (χ1) is 11.6. The molecule has 2 N–H and O–H groups in total. The molecule has 0 unspecified atom stereocenters. The monoisotopic (exact) mass is 344 g/mol. The van der Waals surface area contributed by atoms with Crippen molar-refractivity contribution in [3.05, 3.63) is 58.6 Å². The summed E-state index contributed by atoms with van der Waals surface area (Å²) in [6.07, 6.45) is 1.51. The second-order valence-corrected chi connectivity index (χ2v) is 5.21. The lowest BCUT2D eigenvalue weighted by atomic mass is 10.2. The van der Waals surface area contributed by atoms with E-state index in [1.165, 1.54) is 30.1 Å². The van der Waals surface area contributed by atoms with Gasteiger partial charge in [-0.25, -0.2) is 9.49 Å². The third kappa shape index (κ3) is 3.04. The SMILES string of the molecule is COc1cc(/C=N\n2c(-c3ccccc3F)n[nH]c2=S)ccc1O. The highest BCUT2D eigenvalue weighted by molar-refractivity contribution is 7.71. The minimum atomic E-state index is -0.422. The van der Waals surface area contributed by atoms with Gasteiger partial charge in [-0.2, -0.15) is 14.9 Å². The van der Waals surface area contributed by atoms with Gasteiger partial charge in [0.2, 0.25) is 4.77 Å². The van der Waals surface area contributed by atoms with E-state index >= 15 is 0 Å². The highest BCUT2D eigenvalue weighted by Gasteiger charge is 2.12. The van der Waals surface area contributed by atoms with Crippen LogP contribution in [0.4, 0.5) is 4.39 Å². The maximum absolute atomic E-state index is 14.0. The molecule has 24 heavy (non-hydrogen) atoms. The summed E-state index contributed by atoms with van der Waals surface area (Å²) < 4.78 is 20.6. The van der Waals surface area contributed by atoms with Gasteiger partial charge in [0.05, 0.1) is 18.9 Å². The summed E-state index contributed by atoms with van der Waals surface area (Å²) in [7, 11) is 1.46. The van der Waals surface area contributed by atoms with Gasteiger partial charge in [-0.05, 0) is 48.1 Å². The number of methoxy groups -OCH3 is 1. The standard InChI is InChI=1S/C16H13FN4O2S/c1-23-14-8-10(6-7-13(14)22)9-18-21-15(19-20-16(21)24)11-4-2-3-5-12(11)17/h2-9,22H,1H3,(H,20,24)/b18-9-. The number of aromatic amines is 1. The summed E-state index contributed by atoms with van der Waals surface area (Å²) in [5, 5.41) is 20.5. The highest BCUT2D eigenvalue weighted by atomic mass is 32.1. The average Bonchev–Trinajstić information content (AvgIpc) is 2.95. The van der Waals surface area contributed by atoms with Crippen molar-refractivity contribution < 1.29 is 14.2 Å². The molecule has 1 heterocycles. The molecule has 0 radical (unpaired) electrons. The van der Waals surface area contributed by atoms with Crippen molar-refractivity contribution in [1.82, 2.24) is 14.9 Å². The van der Waals surface area contributed by atoms with Gasteiger partial charge < -0.3 is 9.84 Å². The van der Waals surface area contributed by atoms with Crippen molar-refractivity contribution in [1.29, 1.82) is 0 Å². The second kappa shape index (κ2) is 6.63. The fraction of sp³-hybridized carbons (Fsp3) is 0.0625. The number of rotatable bonds is 4. The van der Waals surface area contributed by atoms with Gasteiger partial charge in [0, 0.05) is 0 Å². The van der Waals surface area contributed by atoms with Gasteiger partial charge in [0.15, 0.2) is 17.3 Å². The Morgan fingerprint density at radius 1 is 1.33 bits per heavy atom. The van der Waals surface area contributed by atoms with E-state index in [4.69, 9.17) is 17.0 Å². The van der Waals surface area contributed by atoms with E-state index in [2.05, 4.69) is 15.3 Å². The summed E-state index contributed by atoms with van der Waals surface area (Å²) in [4.78, 5) is 0. The number of aromatic nitrogens is 3. The number of nitrogens with one attached hydrogen (secondary N) is 1. The number of phenols is 1. The van der Waals surface area contributed by atoms with Crippen molar-refractivity contribution in [2.45, 2.75) is 0 Å². The third-order valence-electron chi connectivity index (χ3n) is 3.29. The molecule has 0 saturated heterocycles. The van der Waals surface area contributed by atoms with E-state index in [1.807, 2.05) is 0 Å². The van der Waals surface area contributed by atoms with Gasteiger partial charge in [0.25, 0.3) is 0 Å². The highest BCUT2D eigenvalue weighted by Crippen LogP contribution is 2.26. The first-order valence-electron chi connectivity index (χ1n) is 6.94. The van der Waals surface area contributed by atoms with Crippen LogP contribution in [0.2, 0.25) is 0 Å². The normalized spacial score (nSPS) is 11.1. The Labute approximate surface area is 141 Å². The van der Waals surface area contributed by atoms with Crippen LogP contribution in [-0.4, -0.2) is 33.3 Å². The van der Waals surface area contributed by atoms with Gasteiger partial charge in [-0.15, -0.1) is 0 Å². The zero-order valence-electron chi connectivity index (χ0n) is 12.6. The second-order valence-electron chi connectivity index (χ2n) is 4.82. The van der Waals surface area contributed by atoms with Crippen LogP contribution < -0.4 is 4.74 Å². The van der Waals surface area contributed by atoms with Crippen LogP contribution in [0, 0.1) is 10.6 Å². The number of ether oxygens (including phenoxy) is 1. The van der Waals surface area contributed by atoms with Crippen molar-refractivity contribution in [3.63, 3.8) is 0 Å². The Morgan fingerprint density at radius 3 is 2.88 bits per heavy atom. The molecule has 0 fully saturated rings. The molecular formula is C16H13FN4O2S. The molecule has 3 aromatic rings. The van der Waals surface area contributed by atoms with E-state index in [1.54, 1.807) is 30.3 Å². The van der Waals surface area contributed by atoms with Crippen LogP contribution in [0.1, 0.15) is 5.56 Å². The van der Waals surface area contributed by atoms with Crippen molar-refractivity contribution in [2.24, 2.45) is 5.10 Å². The van der Waals surface area contributed by atoms with Crippen LogP contribution in [0.5, 0.6) is 11.5 Å². The van der Waals surface area contributed by atoms with E-state index < -0.39 is 5.82 Å². The van der Waals surface area contributed by atoms with Crippen LogP contribution in [-0.2, 0) is 0 Å². The molecule has 1 aromatic heterocycles. The van der Waals surface area contributed by atoms with E-state index in [0.29, 0.717) is 11.3 Å². The predicted molar refractivity (Wildman–Crippen MR) is 90.5 cm³/mol. The van der Waals surface area contributed by atoms with Gasteiger partial charge in [-0.3, -0.25) is 0 Å². The molecule has 0 bridgehead atoms. The lowest BCUT2D eigenvalue weighted by Gasteiger charge is -2.04. The van der Waals surface area contributed by atoms with Gasteiger partial charge in [-0.1, -0.05) is 12.1 Å². The van der Waals surface area contributed by atoms with Crippen molar-refractivity contribution in [2.75, 3.05) is 7.11 Å². The predicted octanol–water partition coefficient (Wildman–Crippen LogP) is 3.34. The van der Waals surface area contributed by atoms with E-state index in [0.717, 1.165) is 0 Å². The lowest BCUT2D eigenvalue weighted by Crippen LogP contribution is -1.97. The molecule has 6 nitrogen and oxygen atoms in total. The Hall–Kier alpha value is -3.00. The molecule has 0 spiro atoms. The van der Waals surface area contributed by atoms with Crippen LogP contribution in [0.3, 0.4) is 0 Å². The smallest absolute Gasteiger partial charge is 0.216 e. The zero-order valence-corrected chi connectivity index (χ0v) is 13.4. The number of aromatic hydroxyl groups is 1. The van der Waals surface area contributed by atoms with Crippen LogP contribution >= 0.6 is 12.2 Å². The van der Waals surface area contributed by atoms with Crippen LogP contribution in [0.15, 0.2) is 47.6 Å². The van der Waals surface area contributed by atoms with Gasteiger partial charge in [0.1, 0.15) is 5.82 Å². The summed E-state index contributed by atoms with van der Waals surface area (Å²) in [6.45, 7) is 0. The molecule has 0 saturated carbocycles. The zero-order chi connectivity index (χ0) is 17.1. The number of halogens is 1. The van der Waals surface area contributed by atoms with Gasteiger partial charge >= 0.3 is 0 Å². The number of hydrogen-bond acceptors (Lipinski definition) is 5. The first kappa shape index (κ1) is 15.9. The topological polar surface area (TPSA) is 75.4 Å². The molecule has 2 aromatic carbocycles. The van der Waals surface area contributed by atoms with E-state index in [-0.39, 0.29) is 21.9 Å². The molecule has 0 aliphatic rings. The quantitative estimate of drug-likeness (QED) is 0.562. The fourth-order valence-corrected chi connectivity index (χ4v) is 2.29. The number of H-pyrrole nitrogens is 1. The minimum Gasteiger partial charge on any atom is -0.504 e. The number of nitrogens with zero attached hydrogens (tertiary/aromatic N) is 3. The maximum atomic E-state index is 14.0. The number of phenolic OH excluding ortho intramolecular Hbond substituents is 1. The fourth-order valence-electron chi connectivity index (χ4n) is 2.11. The molecule has 0 amide bonds. The molecule has 8 heteroatoms. The van der Waals surface area contributed by atoms with Crippen molar-refractivity contribution in [3.8, 4) is 22.9 Å². The average molecular weight is 344 g/mol. The Morgan fingerprint density at radius 2 is 2.12 bits per heavy atom. The molecule has 0 atom stereocenters. The first-order valence-corrected chi connectivity index (χ1v) is 7.34. The minimum absolute atomic E-state index is 0.0293. The molecular weight excluding hydrogens is 331 g/mol. The maximum Gasteiger partial charge on any atom is 0.216 e. The largest absolute Gasteiger partial charge is 0.504 e.